The molecule has 0 spiro atoms. The van der Waals surface area contributed by atoms with Gasteiger partial charge in [0.15, 0.2) is 0 Å². The summed E-state index contributed by atoms with van der Waals surface area (Å²) < 4.78 is 19.0. The predicted octanol–water partition coefficient (Wildman–Crippen LogP) is 4.15. The number of hydrogen-bond acceptors (Lipinski definition) is 5. The van der Waals surface area contributed by atoms with Crippen molar-refractivity contribution in [2.75, 3.05) is 32.8 Å². The molecule has 2 aromatic rings. The van der Waals surface area contributed by atoms with Crippen LogP contribution >= 0.6 is 0 Å². The Bertz CT molecular complexity index is 1030. The van der Waals surface area contributed by atoms with E-state index < -0.39 is 23.5 Å². The molecule has 0 unspecified atom stereocenters. The molecule has 1 N–H and O–H groups in total. The van der Waals surface area contributed by atoms with Gasteiger partial charge < -0.3 is 19.6 Å². The summed E-state index contributed by atoms with van der Waals surface area (Å²) in [5.41, 5.74) is 0.934. The minimum Gasteiger partial charge on any atom is -0.507 e. The Labute approximate surface area is 193 Å². The van der Waals surface area contributed by atoms with Crippen LogP contribution in [0.2, 0.25) is 0 Å². The molecule has 33 heavy (non-hydrogen) atoms. The molecular formula is C26H29FN2O4. The number of likely N-dealkylation sites (N-methyl/N-ethyl adjacent to an activating group) is 1. The van der Waals surface area contributed by atoms with Crippen molar-refractivity contribution in [3.8, 4) is 5.75 Å². The van der Waals surface area contributed by atoms with Crippen LogP contribution in [0.5, 0.6) is 5.75 Å². The number of aliphatic hydroxyl groups is 1. The van der Waals surface area contributed by atoms with E-state index in [0.717, 1.165) is 13.1 Å². The first-order chi connectivity index (χ1) is 15.9. The topological polar surface area (TPSA) is 70.1 Å². The first-order valence-electron chi connectivity index (χ1n) is 11.0. The summed E-state index contributed by atoms with van der Waals surface area (Å²) >= 11 is 0. The fraction of sp³-hybridized carbons (Fsp3) is 0.308. The first-order valence-corrected chi connectivity index (χ1v) is 11.0. The van der Waals surface area contributed by atoms with E-state index in [9.17, 15) is 19.1 Å². The lowest BCUT2D eigenvalue weighted by atomic mass is 9.95. The second-order valence-corrected chi connectivity index (χ2v) is 7.69. The van der Waals surface area contributed by atoms with Crippen LogP contribution in [0, 0.1) is 5.82 Å². The molecule has 1 atom stereocenters. The van der Waals surface area contributed by atoms with Gasteiger partial charge in [-0.25, -0.2) is 4.39 Å². The third kappa shape index (κ3) is 5.31. The number of likely N-dealkylation sites (tertiary alicyclic amines) is 1. The van der Waals surface area contributed by atoms with Gasteiger partial charge in [0, 0.05) is 18.7 Å². The molecule has 0 aromatic heterocycles. The van der Waals surface area contributed by atoms with Crippen molar-refractivity contribution in [3.05, 3.63) is 83.7 Å². The summed E-state index contributed by atoms with van der Waals surface area (Å²) in [6, 6.07) is 11.4. The number of Topliss-reactive ketones (excluding diaryl/α,β-unsaturated/α-hetero) is 1. The van der Waals surface area contributed by atoms with Crippen LogP contribution in [0.15, 0.2) is 66.8 Å². The Hall–Kier alpha value is -3.45. The van der Waals surface area contributed by atoms with Crippen LogP contribution < -0.4 is 4.74 Å². The molecule has 3 rings (SSSR count). The zero-order valence-electron chi connectivity index (χ0n) is 19.0. The molecule has 1 aliphatic rings. The lowest BCUT2D eigenvalue weighted by Crippen LogP contribution is -2.38. The summed E-state index contributed by atoms with van der Waals surface area (Å²) in [5, 5.41) is 11.1. The van der Waals surface area contributed by atoms with Gasteiger partial charge in [-0.3, -0.25) is 9.59 Å². The van der Waals surface area contributed by atoms with Gasteiger partial charge in [-0.05, 0) is 55.1 Å². The molecule has 0 saturated carbocycles. The maximum Gasteiger partial charge on any atom is 0.295 e. The normalized spacial score (nSPS) is 17.6. The van der Waals surface area contributed by atoms with Gasteiger partial charge in [-0.2, -0.15) is 0 Å². The van der Waals surface area contributed by atoms with Gasteiger partial charge >= 0.3 is 0 Å². The van der Waals surface area contributed by atoms with Crippen LogP contribution in [0.4, 0.5) is 4.39 Å². The Balaban J connectivity index is 2.03. The average Bonchev–Trinajstić information content (AvgIpc) is 3.08. The van der Waals surface area contributed by atoms with Crippen LogP contribution in [-0.2, 0) is 9.59 Å². The number of halogens is 1. The van der Waals surface area contributed by atoms with Gasteiger partial charge in [-0.1, -0.05) is 38.6 Å². The van der Waals surface area contributed by atoms with Gasteiger partial charge in [0.25, 0.3) is 11.7 Å². The highest BCUT2D eigenvalue weighted by Gasteiger charge is 2.45. The van der Waals surface area contributed by atoms with E-state index in [2.05, 4.69) is 11.5 Å². The largest absolute Gasteiger partial charge is 0.507 e. The Morgan fingerprint density at radius 3 is 2.33 bits per heavy atom. The SMILES string of the molecule is C=CCOc1ccc(C(O)=C2C(=O)C(=O)N(CCN(CC)CC)[C@H]2c2ccc(F)cc2)cc1. The molecule has 7 heteroatoms. The van der Waals surface area contributed by atoms with Crippen molar-refractivity contribution >= 4 is 17.4 Å². The monoisotopic (exact) mass is 452 g/mol. The van der Waals surface area contributed by atoms with E-state index in [4.69, 9.17) is 4.74 Å². The standard InChI is InChI=1S/C26H29FN2O4/c1-4-17-33-21-13-9-19(10-14-21)24(30)22-23(18-7-11-20(27)12-8-18)29(26(32)25(22)31)16-15-28(5-2)6-3/h4,7-14,23,30H,1,5-6,15-17H2,2-3H3/t23-/m0/s1. The van der Waals surface area contributed by atoms with E-state index >= 15 is 0 Å². The van der Waals surface area contributed by atoms with Gasteiger partial charge in [0.2, 0.25) is 0 Å². The Morgan fingerprint density at radius 2 is 1.76 bits per heavy atom. The number of aliphatic hydroxyl groups excluding tert-OH is 1. The third-order valence-electron chi connectivity index (χ3n) is 5.77. The first kappa shape index (κ1) is 24.2. The average molecular weight is 453 g/mol. The minimum atomic E-state index is -0.808. The second-order valence-electron chi connectivity index (χ2n) is 7.69. The van der Waals surface area contributed by atoms with Crippen LogP contribution in [0.3, 0.4) is 0 Å². The fourth-order valence-electron chi connectivity index (χ4n) is 3.91. The molecule has 1 heterocycles. The predicted molar refractivity (Wildman–Crippen MR) is 125 cm³/mol. The van der Waals surface area contributed by atoms with Crippen LogP contribution in [0.1, 0.15) is 31.0 Å². The molecule has 0 radical (unpaired) electrons. The van der Waals surface area contributed by atoms with Crippen molar-refractivity contribution in [1.82, 2.24) is 9.80 Å². The molecule has 1 aliphatic heterocycles. The minimum absolute atomic E-state index is 0.00841. The van der Waals surface area contributed by atoms with Crippen molar-refractivity contribution in [2.45, 2.75) is 19.9 Å². The van der Waals surface area contributed by atoms with Gasteiger partial charge in [0.05, 0.1) is 11.6 Å². The molecule has 2 aromatic carbocycles. The molecule has 1 fully saturated rings. The third-order valence-corrected chi connectivity index (χ3v) is 5.77. The highest BCUT2D eigenvalue weighted by Crippen LogP contribution is 2.39. The number of rotatable bonds is 10. The quantitative estimate of drug-likeness (QED) is 0.254. The van der Waals surface area contributed by atoms with Crippen molar-refractivity contribution < 1.29 is 23.8 Å². The molecule has 1 amide bonds. The highest BCUT2D eigenvalue weighted by molar-refractivity contribution is 6.46. The highest BCUT2D eigenvalue weighted by atomic mass is 19.1. The number of ketones is 1. The van der Waals surface area contributed by atoms with Crippen molar-refractivity contribution in [3.63, 3.8) is 0 Å². The Kier molecular flexibility index (Phi) is 8.01. The Morgan fingerprint density at radius 1 is 1.12 bits per heavy atom. The van der Waals surface area contributed by atoms with Gasteiger partial charge in [-0.15, -0.1) is 0 Å². The van der Waals surface area contributed by atoms with Crippen molar-refractivity contribution in [1.29, 1.82) is 0 Å². The molecule has 0 bridgehead atoms. The number of carbonyl (C=O) groups is 2. The zero-order chi connectivity index (χ0) is 24.0. The van der Waals surface area contributed by atoms with E-state index in [1.54, 1.807) is 30.3 Å². The zero-order valence-corrected chi connectivity index (χ0v) is 19.0. The van der Waals surface area contributed by atoms with E-state index in [0.29, 0.717) is 36.6 Å². The summed E-state index contributed by atoms with van der Waals surface area (Å²) in [5.74, 6) is -1.55. The summed E-state index contributed by atoms with van der Waals surface area (Å²) in [6.07, 6.45) is 1.62. The number of carbonyl (C=O) groups excluding carboxylic acids is 2. The smallest absolute Gasteiger partial charge is 0.295 e. The second kappa shape index (κ2) is 10.9. The number of benzene rings is 2. The summed E-state index contributed by atoms with van der Waals surface area (Å²) in [4.78, 5) is 29.6. The van der Waals surface area contributed by atoms with Crippen LogP contribution in [0.25, 0.3) is 5.76 Å². The molecule has 6 nitrogen and oxygen atoms in total. The van der Waals surface area contributed by atoms with E-state index in [1.165, 1.54) is 29.2 Å². The van der Waals surface area contributed by atoms with E-state index in [-0.39, 0.29) is 11.3 Å². The molecular weight excluding hydrogens is 423 g/mol. The lowest BCUT2D eigenvalue weighted by molar-refractivity contribution is -0.140. The summed E-state index contributed by atoms with van der Waals surface area (Å²) in [7, 11) is 0. The maximum absolute atomic E-state index is 13.6. The number of nitrogens with zero attached hydrogens (tertiary/aromatic N) is 2. The fourth-order valence-corrected chi connectivity index (χ4v) is 3.91. The lowest BCUT2D eigenvalue weighted by Gasteiger charge is -2.28. The molecule has 174 valence electrons. The molecule has 0 aliphatic carbocycles. The number of amides is 1. The van der Waals surface area contributed by atoms with E-state index in [1.807, 2.05) is 13.8 Å². The van der Waals surface area contributed by atoms with Crippen LogP contribution in [-0.4, -0.2) is 59.4 Å². The van der Waals surface area contributed by atoms with Crippen molar-refractivity contribution in [2.24, 2.45) is 0 Å². The number of hydrogen-bond donors (Lipinski definition) is 1. The number of ether oxygens (including phenoxy) is 1. The molecule has 1 saturated heterocycles. The maximum atomic E-state index is 13.6. The van der Waals surface area contributed by atoms with Gasteiger partial charge in [0.1, 0.15) is 23.9 Å². The summed E-state index contributed by atoms with van der Waals surface area (Å²) in [6.45, 7) is 10.5.